The summed E-state index contributed by atoms with van der Waals surface area (Å²) in [5, 5.41) is 2.82. The summed E-state index contributed by atoms with van der Waals surface area (Å²) in [7, 11) is 0. The van der Waals surface area contributed by atoms with Crippen molar-refractivity contribution in [2.24, 2.45) is 4.65 Å². The van der Waals surface area contributed by atoms with Gasteiger partial charge in [-0.05, 0) is 0 Å². The van der Waals surface area contributed by atoms with Gasteiger partial charge in [-0.2, -0.15) is 0 Å². The fourth-order valence-corrected chi connectivity index (χ4v) is 4.03. The van der Waals surface area contributed by atoms with Crippen LogP contribution in [-0.2, 0) is 0 Å². The Morgan fingerprint density at radius 1 is 1.00 bits per heavy atom. The zero-order valence-corrected chi connectivity index (χ0v) is 6.44. The Labute approximate surface area is 49.8 Å². The molecule has 7 heavy (non-hydrogen) atoms. The predicted molar refractivity (Wildman–Crippen MR) is 33.4 cm³/mol. The molecule has 0 saturated carbocycles. The summed E-state index contributed by atoms with van der Waals surface area (Å²) in [6.07, 6.45) is 4.30. The fourth-order valence-electron chi connectivity index (χ4n) is 0.918. The van der Waals surface area contributed by atoms with Crippen molar-refractivity contribution in [3.63, 3.8) is 0 Å². The van der Waals surface area contributed by atoms with Gasteiger partial charge < -0.3 is 0 Å². The molecule has 1 fully saturated rings. The summed E-state index contributed by atoms with van der Waals surface area (Å²) in [4.78, 5) is 0. The van der Waals surface area contributed by atoms with E-state index in [1.807, 2.05) is 0 Å². The summed E-state index contributed by atoms with van der Waals surface area (Å²) >= 11 is -0.651. The van der Waals surface area contributed by atoms with E-state index in [4.69, 9.17) is 4.65 Å². The van der Waals surface area contributed by atoms with E-state index in [0.717, 1.165) is 0 Å². The zero-order valence-electron chi connectivity index (χ0n) is 4.56. The first kappa shape index (κ1) is 5.65. The van der Waals surface area contributed by atoms with Gasteiger partial charge in [-0.1, -0.05) is 0 Å². The van der Waals surface area contributed by atoms with Crippen LogP contribution in [0.1, 0.15) is 19.3 Å². The Hall–Kier alpha value is 0.518. The first-order chi connectivity index (χ1) is 3.39. The van der Waals surface area contributed by atoms with Gasteiger partial charge in [0.05, 0.1) is 0 Å². The third kappa shape index (κ3) is 1.83. The third-order valence-electron chi connectivity index (χ3n) is 1.39. The SMILES string of the molecule is N[As]1CCCCC1. The number of nitrogens with two attached hydrogens (primary N) is 1. The number of rotatable bonds is 0. The first-order valence-corrected chi connectivity index (χ1v) is 6.63. The average Bonchev–Trinajstić information content (AvgIpc) is 1.69. The average molecular weight is 161 g/mol. The van der Waals surface area contributed by atoms with E-state index in [2.05, 4.69) is 0 Å². The topological polar surface area (TPSA) is 26.0 Å². The van der Waals surface area contributed by atoms with E-state index in [0.29, 0.717) is 0 Å². The van der Waals surface area contributed by atoms with Crippen LogP contribution >= 0.6 is 0 Å². The predicted octanol–water partition coefficient (Wildman–Crippen LogP) is 1.12. The van der Waals surface area contributed by atoms with Crippen molar-refractivity contribution in [3.8, 4) is 0 Å². The van der Waals surface area contributed by atoms with E-state index >= 15 is 0 Å². The van der Waals surface area contributed by atoms with Crippen LogP contribution in [0.5, 0.6) is 0 Å². The fraction of sp³-hybridized carbons (Fsp3) is 1.00. The first-order valence-electron chi connectivity index (χ1n) is 2.89. The molecule has 0 aliphatic carbocycles. The van der Waals surface area contributed by atoms with Crippen molar-refractivity contribution in [1.29, 1.82) is 0 Å². The van der Waals surface area contributed by atoms with Crippen molar-refractivity contribution >= 4 is 14.9 Å². The molecule has 0 unspecified atom stereocenters. The summed E-state index contributed by atoms with van der Waals surface area (Å²) in [5.41, 5.74) is 0. The van der Waals surface area contributed by atoms with Gasteiger partial charge in [0.15, 0.2) is 0 Å². The molecule has 0 aromatic rings. The molecule has 0 aromatic carbocycles. The minimum atomic E-state index is -0.651. The molecule has 42 valence electrons. The molecule has 1 heterocycles. The molecule has 1 aliphatic rings. The Morgan fingerprint density at radius 3 is 1.86 bits per heavy atom. The Balaban J connectivity index is 2.12. The molecule has 1 aliphatic heterocycles. The van der Waals surface area contributed by atoms with Crippen molar-refractivity contribution in [2.75, 3.05) is 0 Å². The van der Waals surface area contributed by atoms with Crippen LogP contribution in [-0.4, -0.2) is 14.9 Å². The van der Waals surface area contributed by atoms with E-state index < -0.39 is 14.9 Å². The molecule has 1 saturated heterocycles. The second-order valence-corrected chi connectivity index (χ2v) is 6.44. The Morgan fingerprint density at radius 2 is 1.57 bits per heavy atom. The van der Waals surface area contributed by atoms with E-state index in [1.54, 1.807) is 0 Å². The van der Waals surface area contributed by atoms with E-state index in [9.17, 15) is 0 Å². The van der Waals surface area contributed by atoms with Crippen LogP contribution < -0.4 is 4.65 Å². The molecule has 0 bridgehead atoms. The Bertz CT molecular complexity index is 50.0. The molecular formula is C5H12AsN. The van der Waals surface area contributed by atoms with Crippen LogP contribution in [0.15, 0.2) is 0 Å². The standard InChI is InChI=1S/C5H12AsN/c7-6-4-2-1-3-5-6/h1-5,7H2. The summed E-state index contributed by atoms with van der Waals surface area (Å²) in [6.45, 7) is 0. The van der Waals surface area contributed by atoms with Crippen LogP contribution in [0.4, 0.5) is 0 Å². The molecule has 1 rings (SSSR count). The van der Waals surface area contributed by atoms with Gasteiger partial charge in [0, 0.05) is 0 Å². The summed E-state index contributed by atoms with van der Waals surface area (Å²) in [5.74, 6) is 0. The van der Waals surface area contributed by atoms with Crippen molar-refractivity contribution in [3.05, 3.63) is 0 Å². The van der Waals surface area contributed by atoms with Gasteiger partial charge in [0.25, 0.3) is 0 Å². The number of hydrogen-bond acceptors (Lipinski definition) is 1. The molecule has 0 atom stereocenters. The molecule has 2 N–H and O–H groups in total. The zero-order chi connectivity index (χ0) is 5.11. The molecule has 0 aromatic heterocycles. The number of hydrogen-bond donors (Lipinski definition) is 1. The quantitative estimate of drug-likeness (QED) is 0.529. The van der Waals surface area contributed by atoms with Crippen LogP contribution in [0.3, 0.4) is 0 Å². The van der Waals surface area contributed by atoms with Gasteiger partial charge >= 0.3 is 49.2 Å². The van der Waals surface area contributed by atoms with Gasteiger partial charge in [-0.15, -0.1) is 0 Å². The maximum absolute atomic E-state index is 5.78. The van der Waals surface area contributed by atoms with Gasteiger partial charge in [-0.3, -0.25) is 0 Å². The normalized spacial score (nSPS) is 25.3. The molecule has 2 heteroatoms. The van der Waals surface area contributed by atoms with Gasteiger partial charge in [0.1, 0.15) is 0 Å². The van der Waals surface area contributed by atoms with E-state index in [-0.39, 0.29) is 0 Å². The van der Waals surface area contributed by atoms with Crippen LogP contribution in [0.2, 0.25) is 10.4 Å². The van der Waals surface area contributed by atoms with Crippen molar-refractivity contribution in [1.82, 2.24) is 0 Å². The van der Waals surface area contributed by atoms with Gasteiger partial charge in [-0.25, -0.2) is 0 Å². The molecule has 0 radical (unpaired) electrons. The van der Waals surface area contributed by atoms with Crippen molar-refractivity contribution < 1.29 is 0 Å². The maximum atomic E-state index is 5.78. The monoisotopic (exact) mass is 161 g/mol. The molecule has 0 amide bonds. The van der Waals surface area contributed by atoms with E-state index in [1.165, 1.54) is 29.7 Å². The second kappa shape index (κ2) is 2.74. The Kier molecular flexibility index (Phi) is 2.21. The van der Waals surface area contributed by atoms with Crippen LogP contribution in [0, 0.1) is 0 Å². The summed E-state index contributed by atoms with van der Waals surface area (Å²) < 4.78 is 5.78. The molecule has 0 spiro atoms. The second-order valence-electron chi connectivity index (χ2n) is 2.10. The molecular weight excluding hydrogens is 149 g/mol. The molecule has 1 nitrogen and oxygen atoms in total. The summed E-state index contributed by atoms with van der Waals surface area (Å²) in [6, 6.07) is 0. The minimum absolute atomic E-state index is 0.651. The van der Waals surface area contributed by atoms with Crippen LogP contribution in [0.25, 0.3) is 0 Å². The third-order valence-corrected chi connectivity index (χ3v) is 5.13. The van der Waals surface area contributed by atoms with Crippen molar-refractivity contribution in [2.45, 2.75) is 29.7 Å². The van der Waals surface area contributed by atoms with Gasteiger partial charge in [0.2, 0.25) is 0 Å².